The fraction of sp³-hybridized carbons (Fsp3) is 0.636. The molecule has 0 bridgehead atoms. The molecular formula is C11H22Cl2N4O. The van der Waals surface area contributed by atoms with Gasteiger partial charge in [0.15, 0.2) is 0 Å². The summed E-state index contributed by atoms with van der Waals surface area (Å²) in [6.07, 6.45) is 5.10. The first-order valence-corrected chi connectivity index (χ1v) is 5.64. The van der Waals surface area contributed by atoms with E-state index < -0.39 is 0 Å². The highest BCUT2D eigenvalue weighted by Gasteiger charge is 2.26. The first kappa shape index (κ1) is 19.6. The maximum Gasteiger partial charge on any atom is 0.242 e. The molecule has 0 aliphatic carbocycles. The van der Waals surface area contributed by atoms with Gasteiger partial charge in [0.2, 0.25) is 5.91 Å². The van der Waals surface area contributed by atoms with Crippen LogP contribution in [0.3, 0.4) is 0 Å². The number of nitrogens with zero attached hydrogens (tertiary/aromatic N) is 2. The van der Waals surface area contributed by atoms with E-state index in [-0.39, 0.29) is 42.8 Å². The summed E-state index contributed by atoms with van der Waals surface area (Å²) in [6, 6.07) is 1.79. The van der Waals surface area contributed by atoms with Gasteiger partial charge in [-0.3, -0.25) is 9.48 Å². The fourth-order valence-electron chi connectivity index (χ4n) is 1.64. The van der Waals surface area contributed by atoms with Crippen molar-refractivity contribution >= 4 is 30.7 Å². The molecule has 5 nitrogen and oxygen atoms in total. The van der Waals surface area contributed by atoms with Crippen molar-refractivity contribution in [2.75, 3.05) is 6.54 Å². The number of nitrogens with one attached hydrogen (secondary N) is 1. The number of halogens is 2. The monoisotopic (exact) mass is 296 g/mol. The molecule has 0 unspecified atom stereocenters. The van der Waals surface area contributed by atoms with Gasteiger partial charge in [0.25, 0.3) is 0 Å². The highest BCUT2D eigenvalue weighted by molar-refractivity contribution is 5.85. The minimum absolute atomic E-state index is 0. The van der Waals surface area contributed by atoms with Gasteiger partial charge in [-0.15, -0.1) is 24.8 Å². The van der Waals surface area contributed by atoms with Gasteiger partial charge in [-0.1, -0.05) is 13.8 Å². The molecule has 3 N–H and O–H groups in total. The average Bonchev–Trinajstić information content (AvgIpc) is 2.79. The summed E-state index contributed by atoms with van der Waals surface area (Å²) < 4.78 is 1.60. The number of carbonyl (C=O) groups is 1. The van der Waals surface area contributed by atoms with Gasteiger partial charge >= 0.3 is 0 Å². The van der Waals surface area contributed by atoms with Crippen molar-refractivity contribution < 1.29 is 4.79 Å². The van der Waals surface area contributed by atoms with Crippen LogP contribution in [0.15, 0.2) is 18.5 Å². The molecule has 0 aromatic carbocycles. The van der Waals surface area contributed by atoms with E-state index in [9.17, 15) is 4.79 Å². The topological polar surface area (TPSA) is 72.9 Å². The van der Waals surface area contributed by atoms with Crippen LogP contribution in [0, 0.1) is 0 Å². The summed E-state index contributed by atoms with van der Waals surface area (Å²) in [5, 5.41) is 6.98. The summed E-state index contributed by atoms with van der Waals surface area (Å²) in [5.41, 5.74) is 5.44. The number of hydrogen-bond acceptors (Lipinski definition) is 3. The zero-order chi connectivity index (χ0) is 12.0. The van der Waals surface area contributed by atoms with Crippen LogP contribution in [0.25, 0.3) is 0 Å². The third-order valence-corrected chi connectivity index (χ3v) is 3.01. The van der Waals surface area contributed by atoms with Crippen molar-refractivity contribution in [3.63, 3.8) is 0 Å². The van der Waals surface area contributed by atoms with Crippen LogP contribution in [-0.2, 0) is 11.3 Å². The van der Waals surface area contributed by atoms with Crippen molar-refractivity contribution in [3.05, 3.63) is 18.5 Å². The molecule has 0 spiro atoms. The first-order chi connectivity index (χ1) is 7.65. The second-order valence-electron chi connectivity index (χ2n) is 3.94. The lowest BCUT2D eigenvalue weighted by Gasteiger charge is -2.31. The Hall–Kier alpha value is -0.780. The molecule has 1 aromatic heterocycles. The molecule has 1 rings (SSSR count). The third-order valence-electron chi connectivity index (χ3n) is 3.01. The Kier molecular flexibility index (Phi) is 9.99. The van der Waals surface area contributed by atoms with Crippen molar-refractivity contribution in [1.29, 1.82) is 0 Å². The molecule has 0 saturated carbocycles. The van der Waals surface area contributed by atoms with Gasteiger partial charge < -0.3 is 11.1 Å². The molecule has 0 fully saturated rings. The van der Waals surface area contributed by atoms with Gasteiger partial charge in [0.05, 0.1) is 5.54 Å². The number of aromatic nitrogens is 2. The van der Waals surface area contributed by atoms with E-state index in [4.69, 9.17) is 5.73 Å². The van der Waals surface area contributed by atoms with Crippen LogP contribution in [0.4, 0.5) is 0 Å². The number of hydrogen-bond donors (Lipinski definition) is 2. The lowest BCUT2D eigenvalue weighted by Crippen LogP contribution is -2.53. The lowest BCUT2D eigenvalue weighted by molar-refractivity contribution is -0.123. The number of amides is 1. The molecule has 18 heavy (non-hydrogen) atoms. The molecule has 0 aliphatic rings. The fourth-order valence-corrected chi connectivity index (χ4v) is 1.64. The minimum atomic E-state index is -0.274. The van der Waals surface area contributed by atoms with Crippen molar-refractivity contribution in [2.45, 2.75) is 38.8 Å². The van der Waals surface area contributed by atoms with E-state index >= 15 is 0 Å². The highest BCUT2D eigenvalue weighted by atomic mass is 35.5. The summed E-state index contributed by atoms with van der Waals surface area (Å²) in [7, 11) is 0. The predicted octanol–water partition coefficient (Wildman–Crippen LogP) is 1.36. The van der Waals surface area contributed by atoms with Gasteiger partial charge in [0, 0.05) is 18.9 Å². The molecule has 0 aliphatic heterocycles. The summed E-state index contributed by atoms with van der Waals surface area (Å²) in [4.78, 5) is 11.8. The minimum Gasteiger partial charge on any atom is -0.348 e. The summed E-state index contributed by atoms with van der Waals surface area (Å²) >= 11 is 0. The van der Waals surface area contributed by atoms with E-state index in [0.29, 0.717) is 6.54 Å². The Morgan fingerprint density at radius 3 is 2.39 bits per heavy atom. The summed E-state index contributed by atoms with van der Waals surface area (Å²) in [6.45, 7) is 4.77. The molecule has 1 heterocycles. The zero-order valence-corrected chi connectivity index (χ0v) is 12.4. The number of rotatable bonds is 6. The second-order valence-corrected chi connectivity index (χ2v) is 3.94. The molecule has 0 atom stereocenters. The number of carbonyl (C=O) groups excluding carboxylic acids is 1. The van der Waals surface area contributed by atoms with Crippen molar-refractivity contribution in [2.24, 2.45) is 5.73 Å². The normalized spacial score (nSPS) is 10.2. The molecule has 0 radical (unpaired) electrons. The smallest absolute Gasteiger partial charge is 0.242 e. The first-order valence-electron chi connectivity index (χ1n) is 5.64. The Morgan fingerprint density at radius 1 is 1.39 bits per heavy atom. The molecule has 106 valence electrons. The van der Waals surface area contributed by atoms with Gasteiger partial charge in [-0.25, -0.2) is 0 Å². The maximum absolute atomic E-state index is 11.8. The average molecular weight is 297 g/mol. The maximum atomic E-state index is 11.8. The van der Waals surface area contributed by atoms with Crippen LogP contribution in [0.2, 0.25) is 0 Å². The van der Waals surface area contributed by atoms with E-state index in [1.165, 1.54) is 0 Å². The second kappa shape index (κ2) is 9.19. The van der Waals surface area contributed by atoms with Crippen LogP contribution in [-0.4, -0.2) is 27.8 Å². The van der Waals surface area contributed by atoms with Crippen molar-refractivity contribution in [3.8, 4) is 0 Å². The standard InChI is InChI=1S/C11H20N4O.2ClH/c1-3-11(4-2,9-12)14-10(16)8-15-7-5-6-13-15;;/h5-7H,3-4,8-9,12H2,1-2H3,(H,14,16);2*1H. The van der Waals surface area contributed by atoms with Crippen LogP contribution >= 0.6 is 24.8 Å². The predicted molar refractivity (Wildman–Crippen MR) is 77.2 cm³/mol. The van der Waals surface area contributed by atoms with E-state index in [0.717, 1.165) is 12.8 Å². The largest absolute Gasteiger partial charge is 0.348 e. The quantitative estimate of drug-likeness (QED) is 0.832. The van der Waals surface area contributed by atoms with Gasteiger partial charge in [-0.2, -0.15) is 5.10 Å². The highest BCUT2D eigenvalue weighted by Crippen LogP contribution is 2.12. The van der Waals surface area contributed by atoms with Crippen LogP contribution in [0.5, 0.6) is 0 Å². The zero-order valence-electron chi connectivity index (χ0n) is 10.8. The lowest BCUT2D eigenvalue weighted by atomic mass is 9.93. The number of nitrogens with two attached hydrogens (primary N) is 1. The van der Waals surface area contributed by atoms with E-state index in [2.05, 4.69) is 10.4 Å². The molecule has 1 aromatic rings. The Balaban J connectivity index is 0. The van der Waals surface area contributed by atoms with Crippen molar-refractivity contribution in [1.82, 2.24) is 15.1 Å². The summed E-state index contributed by atoms with van der Waals surface area (Å²) in [5.74, 6) is -0.0437. The Bertz CT molecular complexity index is 318. The molecule has 0 saturated heterocycles. The van der Waals surface area contributed by atoms with Gasteiger partial charge in [-0.05, 0) is 18.9 Å². The molecular weight excluding hydrogens is 275 g/mol. The Morgan fingerprint density at radius 2 is 2.00 bits per heavy atom. The van der Waals surface area contributed by atoms with E-state index in [1.54, 1.807) is 23.1 Å². The molecule has 1 amide bonds. The Labute approximate surface area is 120 Å². The van der Waals surface area contributed by atoms with Crippen LogP contribution < -0.4 is 11.1 Å². The van der Waals surface area contributed by atoms with Gasteiger partial charge in [0.1, 0.15) is 6.54 Å². The SMILES string of the molecule is CCC(CC)(CN)NC(=O)Cn1cccn1.Cl.Cl. The third kappa shape index (κ3) is 5.25. The van der Waals surface area contributed by atoms with E-state index in [1.807, 2.05) is 13.8 Å². The molecule has 7 heteroatoms. The van der Waals surface area contributed by atoms with Crippen LogP contribution in [0.1, 0.15) is 26.7 Å².